The highest BCUT2D eigenvalue weighted by Crippen LogP contribution is 2.39. The molecule has 0 unspecified atom stereocenters. The minimum Gasteiger partial charge on any atom is -0.495 e. The van der Waals surface area contributed by atoms with Crippen molar-refractivity contribution in [1.82, 2.24) is 0 Å². The first-order chi connectivity index (χ1) is 8.42. The van der Waals surface area contributed by atoms with Crippen molar-refractivity contribution in [3.63, 3.8) is 0 Å². The second-order valence-electron chi connectivity index (χ2n) is 3.84. The van der Waals surface area contributed by atoms with E-state index in [9.17, 15) is 4.79 Å². The Balaban J connectivity index is 3.36. The number of halogens is 1. The van der Waals surface area contributed by atoms with E-state index in [2.05, 4.69) is 15.9 Å². The number of hydrogen-bond donors (Lipinski definition) is 1. The molecule has 0 fully saturated rings. The Labute approximate surface area is 114 Å². The van der Waals surface area contributed by atoms with Crippen LogP contribution >= 0.6 is 15.9 Å². The fourth-order valence-corrected chi connectivity index (χ4v) is 2.07. The van der Waals surface area contributed by atoms with Crippen LogP contribution in [0.3, 0.4) is 0 Å². The summed E-state index contributed by atoms with van der Waals surface area (Å²) in [5.74, 6) is 0.300. The zero-order chi connectivity index (χ0) is 13.9. The van der Waals surface area contributed by atoms with Gasteiger partial charge < -0.3 is 19.9 Å². The molecule has 0 aliphatic carbocycles. The van der Waals surface area contributed by atoms with Gasteiger partial charge in [0.15, 0.2) is 0 Å². The molecule has 1 rings (SSSR count). The molecule has 0 bridgehead atoms. The maximum absolute atomic E-state index is 12.0. The summed E-state index contributed by atoms with van der Waals surface area (Å²) in [5.41, 5.74) is 6.31. The molecule has 2 N–H and O–H groups in total. The lowest BCUT2D eigenvalue weighted by Gasteiger charge is -2.16. The molecule has 0 saturated heterocycles. The largest absolute Gasteiger partial charge is 0.495 e. The van der Waals surface area contributed by atoms with Gasteiger partial charge in [-0.2, -0.15) is 0 Å². The quantitative estimate of drug-likeness (QED) is 0.682. The molecule has 0 amide bonds. The van der Waals surface area contributed by atoms with Gasteiger partial charge in [-0.05, 0) is 29.8 Å². The minimum atomic E-state index is -0.522. The van der Waals surface area contributed by atoms with E-state index in [1.807, 2.05) is 0 Å². The summed E-state index contributed by atoms with van der Waals surface area (Å²) < 4.78 is 15.8. The van der Waals surface area contributed by atoms with Crippen LogP contribution in [-0.2, 0) is 4.74 Å². The maximum atomic E-state index is 12.0. The number of esters is 1. The van der Waals surface area contributed by atoms with Crippen LogP contribution in [0.25, 0.3) is 0 Å². The van der Waals surface area contributed by atoms with Gasteiger partial charge in [0.1, 0.15) is 17.1 Å². The fraction of sp³-hybridized carbons (Fsp3) is 0.417. The van der Waals surface area contributed by atoms with Crippen molar-refractivity contribution in [3.8, 4) is 11.5 Å². The highest BCUT2D eigenvalue weighted by molar-refractivity contribution is 9.10. The summed E-state index contributed by atoms with van der Waals surface area (Å²) in [6.07, 6.45) is -0.235. The van der Waals surface area contributed by atoms with Gasteiger partial charge in [0.25, 0.3) is 0 Å². The third-order valence-corrected chi connectivity index (χ3v) is 3.01. The lowest BCUT2D eigenvalue weighted by atomic mass is 10.1. The first-order valence-corrected chi connectivity index (χ1v) is 6.12. The number of hydrogen-bond acceptors (Lipinski definition) is 5. The van der Waals surface area contributed by atoms with Crippen LogP contribution in [0.1, 0.15) is 24.2 Å². The molecule has 0 heterocycles. The maximum Gasteiger partial charge on any atom is 0.341 e. The van der Waals surface area contributed by atoms with Gasteiger partial charge in [-0.1, -0.05) is 0 Å². The fourth-order valence-electron chi connectivity index (χ4n) is 1.41. The summed E-state index contributed by atoms with van der Waals surface area (Å²) in [6.45, 7) is 3.53. The van der Waals surface area contributed by atoms with Gasteiger partial charge in [-0.25, -0.2) is 4.79 Å². The van der Waals surface area contributed by atoms with Gasteiger partial charge in [-0.3, -0.25) is 0 Å². The Morgan fingerprint density at radius 1 is 1.28 bits per heavy atom. The number of nitrogen functional groups attached to an aromatic ring is 1. The van der Waals surface area contributed by atoms with E-state index >= 15 is 0 Å². The smallest absolute Gasteiger partial charge is 0.341 e. The molecule has 6 heteroatoms. The topological polar surface area (TPSA) is 70.8 Å². The van der Waals surface area contributed by atoms with E-state index in [1.165, 1.54) is 14.2 Å². The average Bonchev–Trinajstić information content (AvgIpc) is 2.28. The van der Waals surface area contributed by atoms with Crippen LogP contribution in [0, 0.1) is 0 Å². The summed E-state index contributed by atoms with van der Waals surface area (Å²) >= 11 is 3.28. The predicted molar refractivity (Wildman–Crippen MR) is 72.2 cm³/mol. The summed E-state index contributed by atoms with van der Waals surface area (Å²) in [7, 11) is 2.96. The zero-order valence-electron chi connectivity index (χ0n) is 10.7. The van der Waals surface area contributed by atoms with Crippen molar-refractivity contribution in [2.75, 3.05) is 20.0 Å². The lowest BCUT2D eigenvalue weighted by molar-refractivity contribution is 0.0377. The number of ether oxygens (including phenoxy) is 3. The Kier molecular flexibility index (Phi) is 4.84. The van der Waals surface area contributed by atoms with E-state index in [-0.39, 0.29) is 17.4 Å². The van der Waals surface area contributed by atoms with Crippen LogP contribution in [0.15, 0.2) is 10.5 Å². The van der Waals surface area contributed by atoms with Crippen molar-refractivity contribution in [2.24, 2.45) is 0 Å². The zero-order valence-corrected chi connectivity index (χ0v) is 12.3. The second-order valence-corrected chi connectivity index (χ2v) is 4.63. The van der Waals surface area contributed by atoms with Crippen LogP contribution in [0.2, 0.25) is 0 Å². The van der Waals surface area contributed by atoms with E-state index in [0.717, 1.165) is 0 Å². The SMILES string of the molecule is COc1cc(OC)c(Br)c(C(=O)OC(C)C)c1N. The molecule has 0 spiro atoms. The predicted octanol–water partition coefficient (Wildman–Crippen LogP) is 2.61. The first-order valence-electron chi connectivity index (χ1n) is 5.33. The summed E-state index contributed by atoms with van der Waals surface area (Å²) in [6, 6.07) is 1.60. The van der Waals surface area contributed by atoms with E-state index in [1.54, 1.807) is 19.9 Å². The second kappa shape index (κ2) is 5.95. The van der Waals surface area contributed by atoms with Crippen molar-refractivity contribution in [1.29, 1.82) is 0 Å². The van der Waals surface area contributed by atoms with Crippen molar-refractivity contribution in [3.05, 3.63) is 16.1 Å². The Morgan fingerprint density at radius 2 is 1.83 bits per heavy atom. The third kappa shape index (κ3) is 2.87. The summed E-state index contributed by atoms with van der Waals surface area (Å²) in [4.78, 5) is 12.0. The molecule has 100 valence electrons. The Bertz CT molecular complexity index is 432. The van der Waals surface area contributed by atoms with Crippen molar-refractivity contribution in [2.45, 2.75) is 20.0 Å². The monoisotopic (exact) mass is 317 g/mol. The highest BCUT2D eigenvalue weighted by Gasteiger charge is 2.23. The standard InChI is InChI=1S/C12H16BrNO4/c1-6(2)18-12(15)9-10(13)7(16-3)5-8(17-4)11(9)14/h5-6H,14H2,1-4H3. The molecule has 18 heavy (non-hydrogen) atoms. The van der Waals surface area contributed by atoms with Gasteiger partial charge in [0.05, 0.1) is 30.5 Å². The number of anilines is 1. The third-order valence-electron chi connectivity index (χ3n) is 2.22. The van der Waals surface area contributed by atoms with E-state index < -0.39 is 5.97 Å². The Hall–Kier alpha value is -1.43. The molecule has 1 aromatic rings. The summed E-state index contributed by atoms with van der Waals surface area (Å²) in [5, 5.41) is 0. The Morgan fingerprint density at radius 3 is 2.28 bits per heavy atom. The molecule has 0 aromatic heterocycles. The molecule has 5 nitrogen and oxygen atoms in total. The number of rotatable bonds is 4. The molecule has 0 saturated carbocycles. The molecule has 0 radical (unpaired) electrons. The molecule has 1 aromatic carbocycles. The van der Waals surface area contributed by atoms with E-state index in [4.69, 9.17) is 19.9 Å². The molecule has 0 atom stereocenters. The lowest BCUT2D eigenvalue weighted by Crippen LogP contribution is -2.15. The van der Waals surface area contributed by atoms with Crippen LogP contribution in [0.5, 0.6) is 11.5 Å². The number of benzene rings is 1. The average molecular weight is 318 g/mol. The van der Waals surface area contributed by atoms with Gasteiger partial charge >= 0.3 is 5.97 Å². The number of methoxy groups -OCH3 is 2. The molecule has 0 aliphatic rings. The number of carbonyl (C=O) groups is 1. The molecular weight excluding hydrogens is 302 g/mol. The first kappa shape index (κ1) is 14.6. The number of carbonyl (C=O) groups excluding carboxylic acids is 1. The molecular formula is C12H16BrNO4. The van der Waals surface area contributed by atoms with Gasteiger partial charge in [-0.15, -0.1) is 0 Å². The van der Waals surface area contributed by atoms with Crippen molar-refractivity contribution >= 4 is 27.6 Å². The van der Waals surface area contributed by atoms with Crippen LogP contribution in [0.4, 0.5) is 5.69 Å². The van der Waals surface area contributed by atoms with Gasteiger partial charge in [0.2, 0.25) is 0 Å². The molecule has 0 aliphatic heterocycles. The van der Waals surface area contributed by atoms with Gasteiger partial charge in [0, 0.05) is 6.07 Å². The van der Waals surface area contributed by atoms with E-state index in [0.29, 0.717) is 16.0 Å². The normalized spacial score (nSPS) is 10.3. The highest BCUT2D eigenvalue weighted by atomic mass is 79.9. The minimum absolute atomic E-state index is 0.208. The number of nitrogens with two attached hydrogens (primary N) is 1. The van der Waals surface area contributed by atoms with Crippen LogP contribution in [-0.4, -0.2) is 26.3 Å². The van der Waals surface area contributed by atoms with Crippen LogP contribution < -0.4 is 15.2 Å². The van der Waals surface area contributed by atoms with Crippen molar-refractivity contribution < 1.29 is 19.0 Å².